The van der Waals surface area contributed by atoms with Gasteiger partial charge in [0.1, 0.15) is 5.75 Å². The van der Waals surface area contributed by atoms with Gasteiger partial charge >= 0.3 is 0 Å². The lowest BCUT2D eigenvalue weighted by molar-refractivity contribution is 0.174. The highest BCUT2D eigenvalue weighted by Crippen LogP contribution is 2.33. The molecule has 5 rings (SSSR count). The Morgan fingerprint density at radius 1 is 0.786 bits per heavy atom. The van der Waals surface area contributed by atoms with Crippen LogP contribution < -0.4 is 14.2 Å². The fourth-order valence-electron chi connectivity index (χ4n) is 3.81. The van der Waals surface area contributed by atoms with E-state index in [0.717, 1.165) is 49.9 Å². The number of aromatic nitrogens is 1. The maximum Gasteiger partial charge on any atom is 0.231 e. The topological polar surface area (TPSA) is 43.8 Å². The van der Waals surface area contributed by atoms with Crippen LogP contribution in [0.5, 0.6) is 17.2 Å². The summed E-state index contributed by atoms with van der Waals surface area (Å²) < 4.78 is 16.6. The molecule has 2 aromatic carbocycles. The van der Waals surface area contributed by atoms with Crippen molar-refractivity contribution in [3.63, 3.8) is 0 Å². The van der Waals surface area contributed by atoms with Crippen molar-refractivity contribution in [3.05, 3.63) is 83.2 Å². The van der Waals surface area contributed by atoms with E-state index in [4.69, 9.17) is 14.2 Å². The molecule has 0 fully saturated rings. The van der Waals surface area contributed by atoms with Gasteiger partial charge in [-0.1, -0.05) is 24.3 Å². The smallest absolute Gasteiger partial charge is 0.231 e. The molecule has 0 aliphatic carbocycles. The van der Waals surface area contributed by atoms with Crippen LogP contribution in [0.15, 0.2) is 60.9 Å². The first-order valence-corrected chi connectivity index (χ1v) is 9.58. The molecule has 5 nitrogen and oxygen atoms in total. The fraction of sp³-hybridized carbons (Fsp3) is 0.261. The van der Waals surface area contributed by atoms with Crippen molar-refractivity contribution in [2.24, 2.45) is 0 Å². The van der Waals surface area contributed by atoms with E-state index in [-0.39, 0.29) is 0 Å². The van der Waals surface area contributed by atoms with E-state index in [1.807, 2.05) is 24.5 Å². The molecule has 0 spiro atoms. The lowest BCUT2D eigenvalue weighted by atomic mass is 10.1. The molecule has 5 heteroatoms. The van der Waals surface area contributed by atoms with E-state index >= 15 is 0 Å². The Kier molecular flexibility index (Phi) is 4.59. The molecule has 28 heavy (non-hydrogen) atoms. The Bertz CT molecular complexity index is 915. The van der Waals surface area contributed by atoms with Crippen molar-refractivity contribution in [2.75, 3.05) is 13.4 Å². The summed E-state index contributed by atoms with van der Waals surface area (Å²) in [6, 6.07) is 16.8. The summed E-state index contributed by atoms with van der Waals surface area (Å²) in [4.78, 5) is 6.69. The normalized spacial score (nSPS) is 14.2. The van der Waals surface area contributed by atoms with Gasteiger partial charge in [-0.25, -0.2) is 0 Å². The maximum atomic E-state index is 5.64. The van der Waals surface area contributed by atoms with Crippen LogP contribution in [0.1, 0.15) is 22.3 Å². The Hall–Kier alpha value is -3.05. The standard InChI is InChI=1S/C23H22N2O3/c1-2-19(12-24-8-1)15-25(13-17-3-5-21-20(10-17)7-9-26-21)14-18-4-6-22-23(11-18)28-16-27-22/h1-6,8,10-12H,7,9,13-16H2. The van der Waals surface area contributed by atoms with E-state index in [0.29, 0.717) is 6.79 Å². The fourth-order valence-corrected chi connectivity index (χ4v) is 3.81. The summed E-state index contributed by atoms with van der Waals surface area (Å²) in [7, 11) is 0. The van der Waals surface area contributed by atoms with Crippen LogP contribution in [0, 0.1) is 0 Å². The molecule has 1 aromatic heterocycles. The van der Waals surface area contributed by atoms with Crippen LogP contribution in [-0.4, -0.2) is 23.3 Å². The highest BCUT2D eigenvalue weighted by Gasteiger charge is 2.17. The summed E-state index contributed by atoms with van der Waals surface area (Å²) in [6.07, 6.45) is 4.74. The zero-order valence-corrected chi connectivity index (χ0v) is 15.6. The lowest BCUT2D eigenvalue weighted by Gasteiger charge is -2.23. The molecular weight excluding hydrogens is 352 g/mol. The van der Waals surface area contributed by atoms with E-state index < -0.39 is 0 Å². The van der Waals surface area contributed by atoms with Crippen molar-refractivity contribution in [1.29, 1.82) is 0 Å². The molecule has 0 radical (unpaired) electrons. The van der Waals surface area contributed by atoms with Crippen LogP contribution in [0.2, 0.25) is 0 Å². The number of benzene rings is 2. The minimum Gasteiger partial charge on any atom is -0.493 e. The van der Waals surface area contributed by atoms with Crippen LogP contribution in [0.4, 0.5) is 0 Å². The number of rotatable bonds is 6. The molecule has 3 heterocycles. The molecule has 0 N–H and O–H groups in total. The molecule has 0 atom stereocenters. The van der Waals surface area contributed by atoms with Gasteiger partial charge in [0.25, 0.3) is 0 Å². The Labute approximate surface area is 164 Å². The summed E-state index contributed by atoms with van der Waals surface area (Å²) in [6.45, 7) is 3.59. The van der Waals surface area contributed by atoms with Crippen molar-refractivity contribution >= 4 is 0 Å². The second-order valence-electron chi connectivity index (χ2n) is 7.23. The van der Waals surface area contributed by atoms with Gasteiger partial charge in [-0.3, -0.25) is 9.88 Å². The third-order valence-electron chi connectivity index (χ3n) is 5.13. The monoisotopic (exact) mass is 374 g/mol. The SMILES string of the molecule is c1cncc(CN(Cc2ccc3c(c2)CCO3)Cc2ccc3c(c2)OCO3)c1. The minimum atomic E-state index is 0.301. The maximum absolute atomic E-state index is 5.64. The largest absolute Gasteiger partial charge is 0.493 e. The number of fused-ring (bicyclic) bond motifs is 2. The molecule has 3 aromatic rings. The van der Waals surface area contributed by atoms with Crippen LogP contribution in [-0.2, 0) is 26.1 Å². The summed E-state index contributed by atoms with van der Waals surface area (Å²) in [5.74, 6) is 2.67. The van der Waals surface area contributed by atoms with Crippen molar-refractivity contribution < 1.29 is 14.2 Å². The van der Waals surface area contributed by atoms with Crippen LogP contribution in [0.25, 0.3) is 0 Å². The zero-order valence-electron chi connectivity index (χ0n) is 15.6. The molecule has 0 amide bonds. The average molecular weight is 374 g/mol. The first kappa shape index (κ1) is 17.1. The van der Waals surface area contributed by atoms with Crippen LogP contribution >= 0.6 is 0 Å². The first-order chi connectivity index (χ1) is 13.8. The molecule has 2 aliphatic rings. The predicted octanol–water partition coefficient (Wildman–Crippen LogP) is 3.95. The lowest BCUT2D eigenvalue weighted by Crippen LogP contribution is -2.22. The molecule has 0 saturated heterocycles. The van der Waals surface area contributed by atoms with Gasteiger partial charge in [0.05, 0.1) is 6.61 Å². The quantitative estimate of drug-likeness (QED) is 0.654. The summed E-state index contributed by atoms with van der Waals surface area (Å²) in [5.41, 5.74) is 5.01. The highest BCUT2D eigenvalue weighted by molar-refractivity contribution is 5.44. The van der Waals surface area contributed by atoms with Crippen LogP contribution in [0.3, 0.4) is 0 Å². The summed E-state index contributed by atoms with van der Waals surface area (Å²) >= 11 is 0. The van der Waals surface area contributed by atoms with E-state index in [1.54, 1.807) is 0 Å². The third kappa shape index (κ3) is 3.66. The average Bonchev–Trinajstić information content (AvgIpc) is 3.37. The zero-order chi connectivity index (χ0) is 18.8. The summed E-state index contributed by atoms with van der Waals surface area (Å²) in [5, 5.41) is 0. The molecule has 0 unspecified atom stereocenters. The van der Waals surface area contributed by atoms with Gasteiger partial charge in [-0.05, 0) is 46.5 Å². The number of ether oxygens (including phenoxy) is 3. The predicted molar refractivity (Wildman–Crippen MR) is 105 cm³/mol. The van der Waals surface area contributed by atoms with Gasteiger partial charge in [0.2, 0.25) is 6.79 Å². The molecule has 142 valence electrons. The minimum absolute atomic E-state index is 0.301. The van der Waals surface area contributed by atoms with Gasteiger partial charge in [-0.15, -0.1) is 0 Å². The number of pyridine rings is 1. The van der Waals surface area contributed by atoms with Gasteiger partial charge in [0.15, 0.2) is 11.5 Å². The van der Waals surface area contributed by atoms with Gasteiger partial charge in [-0.2, -0.15) is 0 Å². The van der Waals surface area contributed by atoms with Crippen molar-refractivity contribution in [1.82, 2.24) is 9.88 Å². The second-order valence-corrected chi connectivity index (χ2v) is 7.23. The van der Waals surface area contributed by atoms with Gasteiger partial charge < -0.3 is 14.2 Å². The van der Waals surface area contributed by atoms with E-state index in [1.165, 1.54) is 22.3 Å². The number of nitrogens with zero attached hydrogens (tertiary/aromatic N) is 2. The Balaban J connectivity index is 1.38. The Morgan fingerprint density at radius 2 is 1.57 bits per heavy atom. The number of hydrogen-bond acceptors (Lipinski definition) is 5. The van der Waals surface area contributed by atoms with E-state index in [2.05, 4.69) is 46.3 Å². The molecule has 0 bridgehead atoms. The van der Waals surface area contributed by atoms with Crippen molar-refractivity contribution in [2.45, 2.75) is 26.1 Å². The molecular formula is C23H22N2O3. The highest BCUT2D eigenvalue weighted by atomic mass is 16.7. The third-order valence-corrected chi connectivity index (χ3v) is 5.13. The van der Waals surface area contributed by atoms with Crippen molar-refractivity contribution in [3.8, 4) is 17.2 Å². The molecule has 2 aliphatic heterocycles. The second kappa shape index (κ2) is 7.52. The van der Waals surface area contributed by atoms with Gasteiger partial charge in [0, 0.05) is 38.4 Å². The first-order valence-electron chi connectivity index (χ1n) is 9.58. The molecule has 0 saturated carbocycles. The van der Waals surface area contributed by atoms with E-state index in [9.17, 15) is 0 Å². The number of hydrogen-bond donors (Lipinski definition) is 0. The Morgan fingerprint density at radius 3 is 2.43 bits per heavy atom.